The van der Waals surface area contributed by atoms with Crippen LogP contribution in [0.25, 0.3) is 0 Å². The molecule has 2 amide bonds. The van der Waals surface area contributed by atoms with Crippen molar-refractivity contribution in [2.45, 2.75) is 12.0 Å². The minimum absolute atomic E-state index is 0.101. The van der Waals surface area contributed by atoms with Gasteiger partial charge in [0, 0.05) is 23.2 Å². The van der Waals surface area contributed by atoms with Gasteiger partial charge in [0.05, 0.1) is 24.6 Å². The Morgan fingerprint density at radius 3 is 2.43 bits per heavy atom. The molecule has 1 aliphatic rings. The number of likely N-dealkylation sites (N-methyl/N-ethyl adjacent to an activating group) is 1. The molecule has 6 nitrogen and oxygen atoms in total. The van der Waals surface area contributed by atoms with Crippen LogP contribution in [0.1, 0.15) is 43.1 Å². The highest BCUT2D eigenvalue weighted by atomic mass is 32.1. The Morgan fingerprint density at radius 2 is 1.77 bits per heavy atom. The lowest BCUT2D eigenvalue weighted by Crippen LogP contribution is -2.43. The molecule has 2 atom stereocenters. The molecule has 1 N–H and O–H groups in total. The van der Waals surface area contributed by atoms with E-state index in [4.69, 9.17) is 4.74 Å². The number of anilines is 1. The van der Waals surface area contributed by atoms with Crippen molar-refractivity contribution in [3.63, 3.8) is 0 Å². The molecule has 0 bridgehead atoms. The van der Waals surface area contributed by atoms with E-state index in [9.17, 15) is 14.4 Å². The average molecular weight is 420 g/mol. The molecule has 2 heterocycles. The van der Waals surface area contributed by atoms with Crippen LogP contribution in [-0.4, -0.2) is 36.8 Å². The second-order valence-corrected chi connectivity index (χ2v) is 7.98. The van der Waals surface area contributed by atoms with Gasteiger partial charge in [-0.25, -0.2) is 4.79 Å². The van der Waals surface area contributed by atoms with Crippen LogP contribution in [0.4, 0.5) is 5.69 Å². The third-order valence-corrected chi connectivity index (χ3v) is 6.21. The first-order valence-electron chi connectivity index (χ1n) is 9.40. The maximum Gasteiger partial charge on any atom is 0.337 e. The van der Waals surface area contributed by atoms with E-state index in [1.807, 2.05) is 29.6 Å². The van der Waals surface area contributed by atoms with Crippen molar-refractivity contribution in [3.05, 3.63) is 87.6 Å². The second kappa shape index (κ2) is 8.12. The molecular weight excluding hydrogens is 400 g/mol. The molecule has 0 fully saturated rings. The summed E-state index contributed by atoms with van der Waals surface area (Å²) in [4.78, 5) is 40.6. The summed E-state index contributed by atoms with van der Waals surface area (Å²) in [7, 11) is 3.05. The number of methoxy groups -OCH3 is 1. The fourth-order valence-corrected chi connectivity index (χ4v) is 4.70. The number of thiophene rings is 1. The third-order valence-electron chi connectivity index (χ3n) is 5.27. The van der Waals surface area contributed by atoms with Crippen LogP contribution in [0.15, 0.2) is 66.0 Å². The number of ether oxygens (including phenoxy) is 1. The second-order valence-electron chi connectivity index (χ2n) is 7.00. The summed E-state index contributed by atoms with van der Waals surface area (Å²) in [6.07, 6.45) is 0. The van der Waals surface area contributed by atoms with Gasteiger partial charge in [-0.1, -0.05) is 24.3 Å². The van der Waals surface area contributed by atoms with Crippen molar-refractivity contribution < 1.29 is 19.1 Å². The molecule has 30 heavy (non-hydrogen) atoms. The van der Waals surface area contributed by atoms with Crippen LogP contribution in [0.2, 0.25) is 0 Å². The third kappa shape index (κ3) is 3.48. The van der Waals surface area contributed by atoms with Gasteiger partial charge in [0.1, 0.15) is 0 Å². The van der Waals surface area contributed by atoms with Crippen LogP contribution in [0, 0.1) is 0 Å². The highest BCUT2D eigenvalue weighted by molar-refractivity contribution is 7.10. The number of hydrogen-bond acceptors (Lipinski definition) is 5. The van der Waals surface area contributed by atoms with Gasteiger partial charge in [-0.15, -0.1) is 11.3 Å². The normalized spacial score (nSPS) is 17.9. The van der Waals surface area contributed by atoms with Gasteiger partial charge in [-0.05, 0) is 47.3 Å². The number of hydrogen-bond donors (Lipinski definition) is 1. The standard InChI is InChI=1S/C23H20N2O4S/c1-25-20(18-8-5-13-30-18)19(16-6-3-4-7-17(16)22(25)27)21(26)24-15-11-9-14(10-12-15)23(28)29-2/h3-13,19-20H,1-2H3,(H,24,26)/t19-,20-/m0/s1. The highest BCUT2D eigenvalue weighted by Crippen LogP contribution is 2.43. The number of esters is 1. The van der Waals surface area contributed by atoms with Gasteiger partial charge >= 0.3 is 5.97 Å². The number of carbonyl (C=O) groups excluding carboxylic acids is 3. The van der Waals surface area contributed by atoms with E-state index in [-0.39, 0.29) is 11.8 Å². The molecule has 152 valence electrons. The van der Waals surface area contributed by atoms with Crippen molar-refractivity contribution in [1.82, 2.24) is 4.90 Å². The summed E-state index contributed by atoms with van der Waals surface area (Å²) >= 11 is 1.52. The van der Waals surface area contributed by atoms with Gasteiger partial charge in [0.2, 0.25) is 5.91 Å². The molecule has 1 aromatic heterocycles. The Kier molecular flexibility index (Phi) is 5.37. The molecule has 0 saturated heterocycles. The molecule has 0 spiro atoms. The Morgan fingerprint density at radius 1 is 1.03 bits per heavy atom. The number of nitrogens with zero attached hydrogens (tertiary/aromatic N) is 1. The quantitative estimate of drug-likeness (QED) is 0.645. The van der Waals surface area contributed by atoms with Crippen LogP contribution < -0.4 is 5.32 Å². The largest absolute Gasteiger partial charge is 0.465 e. The zero-order valence-corrected chi connectivity index (χ0v) is 17.3. The monoisotopic (exact) mass is 420 g/mol. The summed E-state index contributed by atoms with van der Waals surface area (Å²) in [6.45, 7) is 0. The molecule has 2 aromatic carbocycles. The van der Waals surface area contributed by atoms with Crippen LogP contribution in [0.5, 0.6) is 0 Å². The molecule has 4 rings (SSSR count). The number of rotatable bonds is 4. The van der Waals surface area contributed by atoms with Crippen molar-refractivity contribution in [2.75, 3.05) is 19.5 Å². The average Bonchev–Trinajstić information content (AvgIpc) is 3.30. The minimum Gasteiger partial charge on any atom is -0.465 e. The van der Waals surface area contributed by atoms with Crippen molar-refractivity contribution in [3.8, 4) is 0 Å². The van der Waals surface area contributed by atoms with Gasteiger partial charge in [0.15, 0.2) is 0 Å². The lowest BCUT2D eigenvalue weighted by molar-refractivity contribution is -0.119. The molecule has 7 heteroatoms. The van der Waals surface area contributed by atoms with E-state index in [0.29, 0.717) is 22.4 Å². The molecular formula is C23H20N2O4S. The SMILES string of the molecule is COC(=O)c1ccc(NC(=O)[C@H]2c3ccccc3C(=O)N(C)[C@H]2c2cccs2)cc1. The summed E-state index contributed by atoms with van der Waals surface area (Å²) in [6, 6.07) is 17.2. The summed E-state index contributed by atoms with van der Waals surface area (Å²) < 4.78 is 4.71. The Hall–Kier alpha value is -3.45. The molecule has 3 aromatic rings. The van der Waals surface area contributed by atoms with Crippen LogP contribution in [0.3, 0.4) is 0 Å². The highest BCUT2D eigenvalue weighted by Gasteiger charge is 2.43. The van der Waals surface area contributed by atoms with Gasteiger partial charge in [0.25, 0.3) is 5.91 Å². The van der Waals surface area contributed by atoms with Crippen molar-refractivity contribution in [1.29, 1.82) is 0 Å². The summed E-state index contributed by atoms with van der Waals surface area (Å²) in [5, 5.41) is 4.88. The Bertz CT molecular complexity index is 1090. The van der Waals surface area contributed by atoms with E-state index >= 15 is 0 Å². The Labute approximate surface area is 178 Å². The molecule has 0 saturated carbocycles. The summed E-state index contributed by atoms with van der Waals surface area (Å²) in [5.74, 6) is -1.32. The van der Waals surface area contributed by atoms with Gasteiger partial charge in [-0.3, -0.25) is 9.59 Å². The number of carbonyl (C=O) groups is 3. The van der Waals surface area contributed by atoms with E-state index in [0.717, 1.165) is 4.88 Å². The number of amides is 2. The minimum atomic E-state index is -0.567. The van der Waals surface area contributed by atoms with Crippen LogP contribution in [-0.2, 0) is 9.53 Å². The van der Waals surface area contributed by atoms with Gasteiger partial charge in [-0.2, -0.15) is 0 Å². The van der Waals surface area contributed by atoms with Gasteiger partial charge < -0.3 is 15.0 Å². The zero-order chi connectivity index (χ0) is 21.3. The fraction of sp³-hybridized carbons (Fsp3) is 0.174. The Balaban J connectivity index is 1.70. The first-order valence-corrected chi connectivity index (χ1v) is 10.3. The number of nitrogens with one attached hydrogen (secondary N) is 1. The molecule has 1 aliphatic heterocycles. The fourth-order valence-electron chi connectivity index (χ4n) is 3.80. The smallest absolute Gasteiger partial charge is 0.337 e. The predicted molar refractivity (Wildman–Crippen MR) is 115 cm³/mol. The number of benzene rings is 2. The van der Waals surface area contributed by atoms with Crippen LogP contribution >= 0.6 is 11.3 Å². The first-order chi connectivity index (χ1) is 14.5. The van der Waals surface area contributed by atoms with E-state index < -0.39 is 17.9 Å². The molecule has 0 unspecified atom stereocenters. The van der Waals surface area contributed by atoms with Crippen molar-refractivity contribution in [2.24, 2.45) is 0 Å². The molecule has 0 aliphatic carbocycles. The zero-order valence-electron chi connectivity index (χ0n) is 16.5. The lowest BCUT2D eigenvalue weighted by atomic mass is 9.81. The maximum atomic E-state index is 13.4. The maximum absolute atomic E-state index is 13.4. The topological polar surface area (TPSA) is 75.7 Å². The van der Waals surface area contributed by atoms with Crippen molar-refractivity contribution >= 4 is 34.8 Å². The lowest BCUT2D eigenvalue weighted by Gasteiger charge is -2.39. The predicted octanol–water partition coefficient (Wildman–Crippen LogP) is 4.08. The number of fused-ring (bicyclic) bond motifs is 1. The molecule has 0 radical (unpaired) electrons. The summed E-state index contributed by atoms with van der Waals surface area (Å²) in [5.41, 5.74) is 2.21. The first kappa shape index (κ1) is 19.8. The van der Waals surface area contributed by atoms with E-state index in [1.165, 1.54) is 18.4 Å². The van der Waals surface area contributed by atoms with E-state index in [2.05, 4.69) is 5.32 Å². The van der Waals surface area contributed by atoms with E-state index in [1.54, 1.807) is 48.3 Å².